The van der Waals surface area contributed by atoms with Gasteiger partial charge >= 0.3 is 6.18 Å². The lowest BCUT2D eigenvalue weighted by atomic mass is 10.1. The third kappa shape index (κ3) is 3.91. The summed E-state index contributed by atoms with van der Waals surface area (Å²) in [5.41, 5.74) is 5.43. The van der Waals surface area contributed by atoms with E-state index < -0.39 is 17.6 Å². The van der Waals surface area contributed by atoms with E-state index >= 15 is 0 Å². The summed E-state index contributed by atoms with van der Waals surface area (Å²) >= 11 is 7.29. The smallest absolute Gasteiger partial charge is 0.375 e. The minimum absolute atomic E-state index is 0.0769. The molecule has 3 N–H and O–H groups in total. The average molecular weight is 344 g/mol. The van der Waals surface area contributed by atoms with Gasteiger partial charge in [0.25, 0.3) is 0 Å². The summed E-state index contributed by atoms with van der Waals surface area (Å²) in [4.78, 5) is 0. The maximum absolute atomic E-state index is 13.5. The van der Waals surface area contributed by atoms with Crippen LogP contribution in [0.1, 0.15) is 11.1 Å². The van der Waals surface area contributed by atoms with Gasteiger partial charge in [0.05, 0.1) is 11.8 Å². The maximum Gasteiger partial charge on any atom is 0.419 e. The normalized spacial score (nSPS) is 11.8. The first-order valence-corrected chi connectivity index (χ1v) is 5.56. The van der Waals surface area contributed by atoms with Crippen LogP contribution in [0.5, 0.6) is 0 Å². The maximum atomic E-state index is 13.5. The summed E-state index contributed by atoms with van der Waals surface area (Å²) in [6.07, 6.45) is -3.93. The Morgan fingerprint density at radius 1 is 1.44 bits per heavy atom. The van der Waals surface area contributed by atoms with E-state index in [1.54, 1.807) is 0 Å². The van der Waals surface area contributed by atoms with Crippen molar-refractivity contribution in [2.75, 3.05) is 0 Å². The summed E-state index contributed by atoms with van der Waals surface area (Å²) < 4.78 is 51.1. The Morgan fingerprint density at radius 2 is 2.06 bits per heavy atom. The molecule has 0 fully saturated rings. The first-order valence-electron chi connectivity index (χ1n) is 4.36. The summed E-state index contributed by atoms with van der Waals surface area (Å²) in [5, 5.41) is 3.21. The van der Waals surface area contributed by atoms with Gasteiger partial charge in [-0.3, -0.25) is 5.43 Å². The highest BCUT2D eigenvalue weighted by atomic mass is 79.9. The highest BCUT2D eigenvalue weighted by molar-refractivity contribution is 9.10. The van der Waals surface area contributed by atoms with E-state index in [0.717, 1.165) is 12.3 Å². The summed E-state index contributed by atoms with van der Waals surface area (Å²) in [7, 11) is 0. The molecule has 0 spiro atoms. The topological polar surface area (TPSA) is 50.4 Å². The number of benzene rings is 1. The molecule has 1 aromatic rings. The molecule has 0 radical (unpaired) electrons. The fraction of sp³-hybridized carbons (Fsp3) is 0.111. The second kappa shape index (κ2) is 5.61. The van der Waals surface area contributed by atoms with Crippen molar-refractivity contribution < 1.29 is 17.6 Å². The van der Waals surface area contributed by atoms with Crippen molar-refractivity contribution in [3.05, 3.63) is 33.5 Å². The molecule has 0 aromatic heterocycles. The van der Waals surface area contributed by atoms with Crippen LogP contribution in [0.15, 0.2) is 21.7 Å². The molecule has 0 saturated heterocycles. The van der Waals surface area contributed by atoms with Gasteiger partial charge in [-0.2, -0.15) is 18.3 Å². The molecule has 0 unspecified atom stereocenters. The first kappa shape index (κ1) is 14.8. The van der Waals surface area contributed by atoms with E-state index in [1.807, 2.05) is 0 Å². The molecular weight excluding hydrogens is 338 g/mol. The standard InChI is InChI=1S/C9H6BrF4N3S/c10-5-1-4(3-16-17-8(15)18)7(11)6(2-5)9(12,13)14/h1-3H,(H3,15,17,18). The van der Waals surface area contributed by atoms with Gasteiger partial charge in [0.2, 0.25) is 0 Å². The van der Waals surface area contributed by atoms with Gasteiger partial charge in [0.15, 0.2) is 5.11 Å². The lowest BCUT2D eigenvalue weighted by molar-refractivity contribution is -0.140. The van der Waals surface area contributed by atoms with Gasteiger partial charge in [-0.25, -0.2) is 4.39 Å². The Bertz CT molecular complexity index is 501. The number of thiocarbonyl (C=S) groups is 1. The van der Waals surface area contributed by atoms with Gasteiger partial charge in [0, 0.05) is 10.0 Å². The van der Waals surface area contributed by atoms with E-state index in [-0.39, 0.29) is 15.1 Å². The number of halogens is 5. The number of nitrogens with two attached hydrogens (primary N) is 1. The van der Waals surface area contributed by atoms with E-state index in [1.165, 1.54) is 0 Å². The van der Waals surface area contributed by atoms with Crippen LogP contribution in [-0.2, 0) is 6.18 Å². The molecule has 0 aliphatic carbocycles. The van der Waals surface area contributed by atoms with Crippen molar-refractivity contribution >= 4 is 39.5 Å². The Balaban J connectivity index is 3.17. The highest BCUT2D eigenvalue weighted by Gasteiger charge is 2.35. The molecule has 0 heterocycles. The Hall–Kier alpha value is -1.22. The lowest BCUT2D eigenvalue weighted by Crippen LogP contribution is -2.24. The Labute approximate surface area is 113 Å². The quantitative estimate of drug-likeness (QED) is 0.375. The van der Waals surface area contributed by atoms with E-state index in [0.29, 0.717) is 6.07 Å². The molecule has 9 heteroatoms. The zero-order valence-corrected chi connectivity index (χ0v) is 11.0. The van der Waals surface area contributed by atoms with Crippen molar-refractivity contribution in [2.24, 2.45) is 10.8 Å². The fourth-order valence-corrected chi connectivity index (χ4v) is 1.60. The molecule has 0 aliphatic rings. The molecule has 1 aromatic carbocycles. The molecule has 0 saturated carbocycles. The van der Waals surface area contributed by atoms with Crippen LogP contribution in [0.25, 0.3) is 0 Å². The van der Waals surface area contributed by atoms with Gasteiger partial charge in [-0.05, 0) is 24.4 Å². The van der Waals surface area contributed by atoms with Crippen molar-refractivity contribution in [2.45, 2.75) is 6.18 Å². The number of alkyl halides is 3. The number of nitrogens with one attached hydrogen (secondary N) is 1. The molecule has 3 nitrogen and oxygen atoms in total. The van der Waals surface area contributed by atoms with Crippen LogP contribution >= 0.6 is 28.1 Å². The third-order valence-corrected chi connectivity index (χ3v) is 2.30. The summed E-state index contributed by atoms with van der Waals surface area (Å²) in [6, 6.07) is 1.79. The predicted molar refractivity (Wildman–Crippen MR) is 66.6 cm³/mol. The molecule has 0 bridgehead atoms. The number of hydrogen-bond donors (Lipinski definition) is 2. The molecule has 98 valence electrons. The van der Waals surface area contributed by atoms with E-state index in [4.69, 9.17) is 5.73 Å². The second-order valence-electron chi connectivity index (χ2n) is 3.09. The molecule has 0 amide bonds. The highest BCUT2D eigenvalue weighted by Crippen LogP contribution is 2.34. The van der Waals surface area contributed by atoms with Crippen molar-refractivity contribution in [1.29, 1.82) is 0 Å². The fourth-order valence-electron chi connectivity index (χ4n) is 1.08. The van der Waals surface area contributed by atoms with Gasteiger partial charge in [-0.1, -0.05) is 15.9 Å². The Morgan fingerprint density at radius 3 is 2.56 bits per heavy atom. The SMILES string of the molecule is NC(=S)NN=Cc1cc(Br)cc(C(F)(F)F)c1F. The van der Waals surface area contributed by atoms with E-state index in [2.05, 4.69) is 38.7 Å². The zero-order chi connectivity index (χ0) is 13.9. The molecule has 0 aliphatic heterocycles. The molecule has 18 heavy (non-hydrogen) atoms. The van der Waals surface area contributed by atoms with Crippen LogP contribution in [0.2, 0.25) is 0 Å². The minimum Gasteiger partial charge on any atom is -0.375 e. The van der Waals surface area contributed by atoms with Crippen molar-refractivity contribution in [3.63, 3.8) is 0 Å². The third-order valence-electron chi connectivity index (χ3n) is 1.75. The zero-order valence-electron chi connectivity index (χ0n) is 8.55. The number of nitrogens with zero attached hydrogens (tertiary/aromatic N) is 1. The largest absolute Gasteiger partial charge is 0.419 e. The van der Waals surface area contributed by atoms with Crippen LogP contribution in [0, 0.1) is 5.82 Å². The van der Waals surface area contributed by atoms with Crippen molar-refractivity contribution in [3.8, 4) is 0 Å². The van der Waals surface area contributed by atoms with Crippen LogP contribution in [0.4, 0.5) is 17.6 Å². The lowest BCUT2D eigenvalue weighted by Gasteiger charge is -2.10. The van der Waals surface area contributed by atoms with Crippen LogP contribution in [0.3, 0.4) is 0 Å². The summed E-state index contributed by atoms with van der Waals surface area (Å²) in [5.74, 6) is -1.42. The van der Waals surface area contributed by atoms with Crippen LogP contribution in [-0.4, -0.2) is 11.3 Å². The number of hydrogen-bond acceptors (Lipinski definition) is 2. The van der Waals surface area contributed by atoms with Crippen LogP contribution < -0.4 is 11.2 Å². The van der Waals surface area contributed by atoms with Gasteiger partial charge in [-0.15, -0.1) is 0 Å². The van der Waals surface area contributed by atoms with Crippen molar-refractivity contribution in [1.82, 2.24) is 5.43 Å². The minimum atomic E-state index is -4.78. The number of hydrazone groups is 1. The average Bonchev–Trinajstić information content (AvgIpc) is 2.20. The van der Waals surface area contributed by atoms with E-state index in [9.17, 15) is 17.6 Å². The number of rotatable bonds is 2. The molecule has 1 rings (SSSR count). The second-order valence-corrected chi connectivity index (χ2v) is 4.44. The molecular formula is C9H6BrF4N3S. The van der Waals surface area contributed by atoms with Gasteiger partial charge < -0.3 is 5.73 Å². The summed E-state index contributed by atoms with van der Waals surface area (Å²) in [6.45, 7) is 0. The Kier molecular flexibility index (Phi) is 4.63. The van der Waals surface area contributed by atoms with Gasteiger partial charge in [0.1, 0.15) is 5.82 Å². The first-order chi connectivity index (χ1) is 8.21. The predicted octanol–water partition coefficient (Wildman–Crippen LogP) is 2.77. The molecule has 0 atom stereocenters. The monoisotopic (exact) mass is 343 g/mol.